The van der Waals surface area contributed by atoms with Gasteiger partial charge in [0.15, 0.2) is 0 Å². The van der Waals surface area contributed by atoms with Crippen molar-refractivity contribution in [2.75, 3.05) is 33.4 Å². The summed E-state index contributed by atoms with van der Waals surface area (Å²) < 4.78 is 5.10. The van der Waals surface area contributed by atoms with E-state index in [0.717, 1.165) is 32.1 Å². The Morgan fingerprint density at radius 1 is 1.56 bits per heavy atom. The summed E-state index contributed by atoms with van der Waals surface area (Å²) in [6.07, 6.45) is 3.05. The van der Waals surface area contributed by atoms with Gasteiger partial charge in [0.05, 0.1) is 6.61 Å². The third kappa shape index (κ3) is 2.77. The molecule has 1 atom stereocenters. The average Bonchev–Trinajstić information content (AvgIpc) is 2.75. The van der Waals surface area contributed by atoms with Crippen molar-refractivity contribution < 1.29 is 4.74 Å². The number of aryl methyl sites for hydroxylation is 1. The molecule has 16 heavy (non-hydrogen) atoms. The molecule has 88 valence electrons. The molecule has 0 N–H and O–H groups in total. The van der Waals surface area contributed by atoms with E-state index in [1.54, 1.807) is 7.11 Å². The van der Waals surface area contributed by atoms with E-state index in [1.165, 1.54) is 12.1 Å². The summed E-state index contributed by atoms with van der Waals surface area (Å²) in [5.74, 6) is 1.44. The number of methoxy groups -OCH3 is 1. The van der Waals surface area contributed by atoms with Crippen LogP contribution < -0.4 is 0 Å². The average molecular weight is 221 g/mol. The van der Waals surface area contributed by atoms with E-state index in [2.05, 4.69) is 14.9 Å². The number of hydrogen-bond acceptors (Lipinski definition) is 4. The Hall–Kier alpha value is -1.00. The van der Waals surface area contributed by atoms with Crippen LogP contribution in [0.2, 0.25) is 0 Å². The van der Waals surface area contributed by atoms with Crippen LogP contribution in [0.25, 0.3) is 0 Å². The zero-order valence-corrected chi connectivity index (χ0v) is 10.0. The van der Waals surface area contributed by atoms with Crippen molar-refractivity contribution >= 4 is 0 Å². The van der Waals surface area contributed by atoms with Gasteiger partial charge in [0.25, 0.3) is 0 Å². The van der Waals surface area contributed by atoms with Crippen LogP contribution in [0.15, 0.2) is 12.3 Å². The lowest BCUT2D eigenvalue weighted by molar-refractivity contribution is 0.160. The SMILES string of the molecule is COCCN1CC[C@@H](c2ccnc(C)n2)C1. The van der Waals surface area contributed by atoms with Crippen LogP contribution in [0.3, 0.4) is 0 Å². The Balaban J connectivity index is 1.93. The third-order valence-corrected chi connectivity index (χ3v) is 3.10. The first kappa shape index (κ1) is 11.5. The second-order valence-corrected chi connectivity index (χ2v) is 4.31. The van der Waals surface area contributed by atoms with Gasteiger partial charge in [-0.25, -0.2) is 9.97 Å². The zero-order chi connectivity index (χ0) is 11.4. The number of hydrogen-bond donors (Lipinski definition) is 0. The number of rotatable bonds is 4. The summed E-state index contributed by atoms with van der Waals surface area (Å²) >= 11 is 0. The van der Waals surface area contributed by atoms with Crippen LogP contribution >= 0.6 is 0 Å². The van der Waals surface area contributed by atoms with Crippen molar-refractivity contribution in [3.8, 4) is 0 Å². The molecule has 4 heteroatoms. The molecule has 2 rings (SSSR count). The Bertz CT molecular complexity index is 343. The molecule has 4 nitrogen and oxygen atoms in total. The van der Waals surface area contributed by atoms with Gasteiger partial charge in [-0.1, -0.05) is 0 Å². The van der Waals surface area contributed by atoms with Crippen LogP contribution in [0.4, 0.5) is 0 Å². The predicted molar refractivity (Wildman–Crippen MR) is 62.4 cm³/mol. The highest BCUT2D eigenvalue weighted by atomic mass is 16.5. The van der Waals surface area contributed by atoms with Gasteiger partial charge in [-0.3, -0.25) is 0 Å². The van der Waals surface area contributed by atoms with Gasteiger partial charge < -0.3 is 9.64 Å². The molecular formula is C12H19N3O. The first-order valence-corrected chi connectivity index (χ1v) is 5.80. The van der Waals surface area contributed by atoms with Gasteiger partial charge in [0.1, 0.15) is 5.82 Å². The largest absolute Gasteiger partial charge is 0.383 e. The van der Waals surface area contributed by atoms with Crippen molar-refractivity contribution in [2.45, 2.75) is 19.3 Å². The van der Waals surface area contributed by atoms with Gasteiger partial charge in [-0.15, -0.1) is 0 Å². The molecule has 1 aliphatic heterocycles. The van der Waals surface area contributed by atoms with Gasteiger partial charge in [-0.2, -0.15) is 0 Å². The minimum atomic E-state index is 0.568. The van der Waals surface area contributed by atoms with Crippen molar-refractivity contribution in [1.29, 1.82) is 0 Å². The van der Waals surface area contributed by atoms with Crippen molar-refractivity contribution in [3.63, 3.8) is 0 Å². The Morgan fingerprint density at radius 3 is 3.19 bits per heavy atom. The first-order chi connectivity index (χ1) is 7.79. The van der Waals surface area contributed by atoms with Crippen LogP contribution in [0, 0.1) is 6.92 Å². The maximum atomic E-state index is 5.10. The lowest BCUT2D eigenvalue weighted by atomic mass is 10.1. The molecule has 0 spiro atoms. The number of nitrogens with zero attached hydrogens (tertiary/aromatic N) is 3. The van der Waals surface area contributed by atoms with Gasteiger partial charge in [-0.05, 0) is 26.0 Å². The van der Waals surface area contributed by atoms with E-state index >= 15 is 0 Å². The zero-order valence-electron chi connectivity index (χ0n) is 10.0. The fourth-order valence-corrected chi connectivity index (χ4v) is 2.20. The molecule has 1 saturated heterocycles. The molecule has 0 radical (unpaired) electrons. The van der Waals surface area contributed by atoms with Gasteiger partial charge in [0.2, 0.25) is 0 Å². The maximum Gasteiger partial charge on any atom is 0.125 e. The summed E-state index contributed by atoms with van der Waals surface area (Å²) in [5, 5.41) is 0. The molecule has 1 aromatic rings. The molecule has 0 saturated carbocycles. The standard InChI is InChI=1S/C12H19N3O/c1-10-13-5-3-12(14-10)11-4-6-15(9-11)7-8-16-2/h3,5,11H,4,6-9H2,1-2H3/t11-/m1/s1. The molecule has 0 unspecified atom stereocenters. The summed E-state index contributed by atoms with van der Waals surface area (Å²) in [4.78, 5) is 11.1. The van der Waals surface area contributed by atoms with E-state index in [0.29, 0.717) is 5.92 Å². The Morgan fingerprint density at radius 2 is 2.44 bits per heavy atom. The minimum Gasteiger partial charge on any atom is -0.383 e. The predicted octanol–water partition coefficient (Wildman–Crippen LogP) is 1.22. The van der Waals surface area contributed by atoms with E-state index in [9.17, 15) is 0 Å². The highest BCUT2D eigenvalue weighted by molar-refractivity contribution is 5.10. The lowest BCUT2D eigenvalue weighted by Crippen LogP contribution is -2.24. The minimum absolute atomic E-state index is 0.568. The molecule has 1 aromatic heterocycles. The lowest BCUT2D eigenvalue weighted by Gasteiger charge is -2.15. The monoisotopic (exact) mass is 221 g/mol. The maximum absolute atomic E-state index is 5.10. The molecule has 0 aliphatic carbocycles. The molecule has 0 amide bonds. The third-order valence-electron chi connectivity index (χ3n) is 3.10. The van der Waals surface area contributed by atoms with Crippen LogP contribution in [0.1, 0.15) is 23.9 Å². The summed E-state index contributed by atoms with van der Waals surface area (Å²) in [6.45, 7) is 6.03. The molecule has 1 aliphatic rings. The van der Waals surface area contributed by atoms with E-state index in [-0.39, 0.29) is 0 Å². The Labute approximate surface area is 96.7 Å². The summed E-state index contributed by atoms with van der Waals surface area (Å²) in [5.41, 5.74) is 1.19. The topological polar surface area (TPSA) is 38.2 Å². The second-order valence-electron chi connectivity index (χ2n) is 4.31. The molecular weight excluding hydrogens is 202 g/mol. The Kier molecular flexibility index (Phi) is 3.85. The van der Waals surface area contributed by atoms with Gasteiger partial charge in [0, 0.05) is 38.0 Å². The van der Waals surface area contributed by atoms with E-state index in [1.807, 2.05) is 19.2 Å². The molecule has 0 bridgehead atoms. The van der Waals surface area contributed by atoms with Gasteiger partial charge >= 0.3 is 0 Å². The molecule has 0 aromatic carbocycles. The first-order valence-electron chi connectivity index (χ1n) is 5.80. The molecule has 2 heterocycles. The summed E-state index contributed by atoms with van der Waals surface area (Å²) in [7, 11) is 1.75. The number of likely N-dealkylation sites (tertiary alicyclic amines) is 1. The normalized spacial score (nSPS) is 21.5. The number of aromatic nitrogens is 2. The fourth-order valence-electron chi connectivity index (χ4n) is 2.20. The smallest absolute Gasteiger partial charge is 0.125 e. The van der Waals surface area contributed by atoms with E-state index < -0.39 is 0 Å². The highest BCUT2D eigenvalue weighted by Crippen LogP contribution is 2.25. The van der Waals surface area contributed by atoms with Crippen LogP contribution in [-0.4, -0.2) is 48.2 Å². The van der Waals surface area contributed by atoms with Crippen molar-refractivity contribution in [3.05, 3.63) is 23.8 Å². The number of ether oxygens (including phenoxy) is 1. The quantitative estimate of drug-likeness (QED) is 0.766. The van der Waals surface area contributed by atoms with Crippen molar-refractivity contribution in [2.24, 2.45) is 0 Å². The van der Waals surface area contributed by atoms with Crippen LogP contribution in [-0.2, 0) is 4.74 Å². The fraction of sp³-hybridized carbons (Fsp3) is 0.667. The highest BCUT2D eigenvalue weighted by Gasteiger charge is 2.24. The van der Waals surface area contributed by atoms with Crippen LogP contribution in [0.5, 0.6) is 0 Å². The molecule has 1 fully saturated rings. The van der Waals surface area contributed by atoms with E-state index in [4.69, 9.17) is 4.74 Å². The van der Waals surface area contributed by atoms with Crippen molar-refractivity contribution in [1.82, 2.24) is 14.9 Å². The second kappa shape index (κ2) is 5.37. The summed E-state index contributed by atoms with van der Waals surface area (Å²) in [6, 6.07) is 2.04.